The lowest BCUT2D eigenvalue weighted by Gasteiger charge is -1.98. The van der Waals surface area contributed by atoms with Crippen molar-refractivity contribution in [3.8, 4) is 0 Å². The Bertz CT molecular complexity index is 402. The number of aliphatic hydroxyl groups excluding tert-OH is 1. The number of nitrogen functional groups attached to an aromatic ring is 1. The van der Waals surface area contributed by atoms with Crippen LogP contribution < -0.4 is 11.4 Å². The molecular weight excluding hydrogens is 170 g/mol. The molecule has 1 rings (SSSR count). The minimum Gasteiger partial charge on any atom is -0.392 e. The molecule has 0 amide bonds. The van der Waals surface area contributed by atoms with Crippen LogP contribution in [-0.4, -0.2) is 21.3 Å². The molecule has 0 saturated heterocycles. The number of aromatic nitrogens is 2. The number of nitrogens with zero attached hydrogens (tertiary/aromatic N) is 2. The van der Waals surface area contributed by atoms with E-state index in [2.05, 4.69) is 10.7 Å². The predicted molar refractivity (Wildman–Crippen MR) is 48.8 cm³/mol. The van der Waals surface area contributed by atoms with Gasteiger partial charge in [0.15, 0.2) is 0 Å². The quantitative estimate of drug-likeness (QED) is 0.596. The third-order valence-electron chi connectivity index (χ3n) is 1.33. The molecule has 0 fully saturated rings. The molecular formula is C8H9N3O2. The van der Waals surface area contributed by atoms with Gasteiger partial charge in [0.25, 0.3) is 0 Å². The third kappa shape index (κ3) is 2.30. The molecule has 5 heteroatoms. The summed E-state index contributed by atoms with van der Waals surface area (Å²) >= 11 is 0. The lowest BCUT2D eigenvalue weighted by molar-refractivity contribution is 0.343. The summed E-state index contributed by atoms with van der Waals surface area (Å²) in [7, 11) is 0. The van der Waals surface area contributed by atoms with Gasteiger partial charge in [-0.1, -0.05) is 0 Å². The number of nitrogens with two attached hydrogens (primary N) is 1. The van der Waals surface area contributed by atoms with E-state index in [9.17, 15) is 4.79 Å². The first-order valence-corrected chi connectivity index (χ1v) is 3.60. The van der Waals surface area contributed by atoms with E-state index in [0.29, 0.717) is 0 Å². The molecule has 0 aliphatic carbocycles. The highest BCUT2D eigenvalue weighted by Crippen LogP contribution is 1.94. The molecule has 0 unspecified atom stereocenters. The Hall–Kier alpha value is -1.84. The maximum absolute atomic E-state index is 11.1. The Labute approximate surface area is 74.5 Å². The van der Waals surface area contributed by atoms with E-state index >= 15 is 0 Å². The van der Waals surface area contributed by atoms with Gasteiger partial charge in [-0.25, -0.2) is 14.3 Å². The zero-order chi connectivity index (χ0) is 9.68. The maximum atomic E-state index is 11.1. The van der Waals surface area contributed by atoms with Crippen LogP contribution in [0.1, 0.15) is 0 Å². The molecule has 1 aromatic heterocycles. The van der Waals surface area contributed by atoms with E-state index in [4.69, 9.17) is 10.8 Å². The van der Waals surface area contributed by atoms with Gasteiger partial charge in [0.2, 0.25) is 0 Å². The highest BCUT2D eigenvalue weighted by Gasteiger charge is 1.94. The lowest BCUT2D eigenvalue weighted by atomic mass is 10.5. The van der Waals surface area contributed by atoms with E-state index in [1.807, 2.05) is 0 Å². The minimum atomic E-state index is -0.473. The maximum Gasteiger partial charge on any atom is 0.353 e. The fraction of sp³-hybridized carbons (Fsp3) is 0.125. The van der Waals surface area contributed by atoms with Crippen molar-refractivity contribution in [2.45, 2.75) is 0 Å². The van der Waals surface area contributed by atoms with Crippen LogP contribution in [0, 0.1) is 0 Å². The summed E-state index contributed by atoms with van der Waals surface area (Å²) in [6.07, 6.45) is 4.01. The summed E-state index contributed by atoms with van der Waals surface area (Å²) in [5.74, 6) is 0.277. The van der Waals surface area contributed by atoms with Crippen LogP contribution in [0.3, 0.4) is 0 Å². The second kappa shape index (κ2) is 4.25. The molecule has 0 saturated carbocycles. The normalized spacial score (nSPS) is 9.00. The van der Waals surface area contributed by atoms with E-state index < -0.39 is 5.69 Å². The number of hydrogen-bond donors (Lipinski definition) is 2. The first-order valence-electron chi connectivity index (χ1n) is 3.60. The first kappa shape index (κ1) is 9.25. The number of rotatable bonds is 2. The first-order chi connectivity index (χ1) is 6.25. The van der Waals surface area contributed by atoms with Crippen molar-refractivity contribution in [1.82, 2.24) is 9.55 Å². The average Bonchev–Trinajstić information content (AvgIpc) is 2.10. The van der Waals surface area contributed by atoms with Gasteiger partial charge in [-0.2, -0.15) is 0 Å². The summed E-state index contributed by atoms with van der Waals surface area (Å²) in [6.45, 7) is -0.134. The van der Waals surface area contributed by atoms with E-state index in [-0.39, 0.29) is 12.4 Å². The van der Waals surface area contributed by atoms with Crippen LogP contribution in [-0.2, 0) is 0 Å². The zero-order valence-electron chi connectivity index (χ0n) is 6.84. The van der Waals surface area contributed by atoms with Gasteiger partial charge in [0.1, 0.15) is 5.82 Å². The van der Waals surface area contributed by atoms with Crippen LogP contribution in [0.5, 0.6) is 0 Å². The third-order valence-corrected chi connectivity index (χ3v) is 1.33. The Morgan fingerprint density at radius 3 is 3.15 bits per heavy atom. The predicted octanol–water partition coefficient (Wildman–Crippen LogP) is -0.556. The Kier molecular flexibility index (Phi) is 3.03. The molecule has 0 bridgehead atoms. The van der Waals surface area contributed by atoms with Gasteiger partial charge in [0.05, 0.1) is 12.8 Å². The fourth-order valence-electron chi connectivity index (χ4n) is 0.740. The largest absolute Gasteiger partial charge is 0.392 e. The monoisotopic (exact) mass is 179 g/mol. The minimum absolute atomic E-state index is 0.134. The van der Waals surface area contributed by atoms with Gasteiger partial charge < -0.3 is 10.8 Å². The summed E-state index contributed by atoms with van der Waals surface area (Å²) in [5, 5.41) is 8.41. The van der Waals surface area contributed by atoms with Gasteiger partial charge in [-0.05, 0) is 12.1 Å². The molecule has 13 heavy (non-hydrogen) atoms. The number of anilines is 1. The number of aliphatic hydroxyl groups is 1. The molecule has 68 valence electrons. The van der Waals surface area contributed by atoms with Crippen molar-refractivity contribution in [3.05, 3.63) is 34.6 Å². The SMILES string of the molecule is Nc1ccnc(=O)n1C=C=CCO. The standard InChI is InChI=1S/C8H9N3O2/c9-7-3-4-10-8(13)11(7)5-1-2-6-12/h2-5,12H,6,9H2. The number of hydrogen-bond acceptors (Lipinski definition) is 4. The van der Waals surface area contributed by atoms with Crippen molar-refractivity contribution >= 4 is 12.0 Å². The van der Waals surface area contributed by atoms with Crippen molar-refractivity contribution in [2.75, 3.05) is 12.3 Å². The average molecular weight is 179 g/mol. The van der Waals surface area contributed by atoms with Crippen LogP contribution in [0.4, 0.5) is 5.82 Å². The lowest BCUT2D eigenvalue weighted by Crippen LogP contribution is -2.20. The summed E-state index contributed by atoms with van der Waals surface area (Å²) < 4.78 is 1.13. The molecule has 0 aromatic carbocycles. The van der Waals surface area contributed by atoms with Crippen LogP contribution in [0.2, 0.25) is 0 Å². The molecule has 1 aromatic rings. The highest BCUT2D eigenvalue weighted by atomic mass is 16.2. The Morgan fingerprint density at radius 2 is 2.54 bits per heavy atom. The molecule has 5 nitrogen and oxygen atoms in total. The Balaban J connectivity index is 3.15. The summed E-state index contributed by atoms with van der Waals surface area (Å²) in [4.78, 5) is 14.6. The van der Waals surface area contributed by atoms with Crippen molar-refractivity contribution in [3.63, 3.8) is 0 Å². The smallest absolute Gasteiger partial charge is 0.353 e. The molecule has 0 aliphatic rings. The van der Waals surface area contributed by atoms with Gasteiger partial charge >= 0.3 is 5.69 Å². The van der Waals surface area contributed by atoms with Gasteiger partial charge in [-0.3, -0.25) is 0 Å². The van der Waals surface area contributed by atoms with Crippen molar-refractivity contribution in [1.29, 1.82) is 0 Å². The fourth-order valence-corrected chi connectivity index (χ4v) is 0.740. The topological polar surface area (TPSA) is 81.1 Å². The molecule has 3 N–H and O–H groups in total. The van der Waals surface area contributed by atoms with E-state index in [1.165, 1.54) is 24.5 Å². The van der Waals surface area contributed by atoms with Crippen LogP contribution in [0.25, 0.3) is 6.20 Å². The molecule has 0 atom stereocenters. The molecule has 0 spiro atoms. The highest BCUT2D eigenvalue weighted by molar-refractivity contribution is 5.37. The van der Waals surface area contributed by atoms with Crippen molar-refractivity contribution < 1.29 is 5.11 Å². The second-order valence-corrected chi connectivity index (χ2v) is 2.20. The van der Waals surface area contributed by atoms with E-state index in [0.717, 1.165) is 4.57 Å². The molecule has 1 heterocycles. The van der Waals surface area contributed by atoms with Gasteiger partial charge in [-0.15, -0.1) is 5.73 Å². The van der Waals surface area contributed by atoms with Crippen LogP contribution >= 0.6 is 0 Å². The molecule has 0 aliphatic heterocycles. The van der Waals surface area contributed by atoms with Crippen LogP contribution in [0.15, 0.2) is 28.9 Å². The second-order valence-electron chi connectivity index (χ2n) is 2.20. The van der Waals surface area contributed by atoms with Gasteiger partial charge in [0, 0.05) is 6.20 Å². The zero-order valence-corrected chi connectivity index (χ0v) is 6.84. The summed E-state index contributed by atoms with van der Waals surface area (Å²) in [5.41, 5.74) is 7.58. The molecule has 0 radical (unpaired) electrons. The Morgan fingerprint density at radius 1 is 1.77 bits per heavy atom. The summed E-state index contributed by atoms with van der Waals surface area (Å²) in [6, 6.07) is 1.50. The van der Waals surface area contributed by atoms with E-state index in [1.54, 1.807) is 0 Å². The van der Waals surface area contributed by atoms with Crippen molar-refractivity contribution in [2.24, 2.45) is 0 Å².